The first-order chi connectivity index (χ1) is 9.62. The van der Waals surface area contributed by atoms with E-state index in [4.69, 9.17) is 14.2 Å². The van der Waals surface area contributed by atoms with Crippen molar-refractivity contribution in [3.63, 3.8) is 0 Å². The van der Waals surface area contributed by atoms with Crippen molar-refractivity contribution in [2.75, 3.05) is 0 Å². The van der Waals surface area contributed by atoms with Crippen LogP contribution in [0, 0.1) is 17.8 Å². The maximum atomic E-state index is 6.23. The van der Waals surface area contributed by atoms with Crippen LogP contribution in [0.3, 0.4) is 0 Å². The van der Waals surface area contributed by atoms with Crippen molar-refractivity contribution in [2.24, 2.45) is 17.8 Å². The van der Waals surface area contributed by atoms with E-state index in [9.17, 15) is 0 Å². The van der Waals surface area contributed by atoms with Crippen molar-refractivity contribution < 1.29 is 14.2 Å². The van der Waals surface area contributed by atoms with Crippen LogP contribution in [0.1, 0.15) is 83.1 Å². The third-order valence-electron chi connectivity index (χ3n) is 5.37. The lowest BCUT2D eigenvalue weighted by atomic mass is 9.94. The van der Waals surface area contributed by atoms with Crippen molar-refractivity contribution in [1.82, 2.24) is 0 Å². The molecule has 3 heteroatoms. The molecule has 0 aromatic heterocycles. The molecule has 0 aliphatic rings. The first kappa shape index (κ1) is 21.9. The largest absolute Gasteiger partial charge is 0.324 e. The van der Waals surface area contributed by atoms with E-state index < -0.39 is 6.48 Å². The smallest absolute Gasteiger partial charge is 0.273 e. The fourth-order valence-corrected chi connectivity index (χ4v) is 1.22. The van der Waals surface area contributed by atoms with Gasteiger partial charge in [0.2, 0.25) is 0 Å². The molecule has 0 spiro atoms. The predicted molar refractivity (Wildman–Crippen MR) is 93.8 cm³/mol. The predicted octanol–water partition coefficient (Wildman–Crippen LogP) is 5.62. The summed E-state index contributed by atoms with van der Waals surface area (Å²) < 4.78 is 18.7. The summed E-state index contributed by atoms with van der Waals surface area (Å²) >= 11 is 0. The molecule has 0 fully saturated rings. The van der Waals surface area contributed by atoms with Gasteiger partial charge in [0, 0.05) is 0 Å². The average Bonchev–Trinajstić information content (AvgIpc) is 2.25. The van der Waals surface area contributed by atoms with E-state index in [0.717, 1.165) is 0 Å². The zero-order chi connectivity index (χ0) is 17.9. The van der Waals surface area contributed by atoms with Crippen LogP contribution in [0.25, 0.3) is 0 Å². The zero-order valence-electron chi connectivity index (χ0n) is 17.0. The van der Waals surface area contributed by atoms with Crippen LogP contribution < -0.4 is 0 Å². The quantitative estimate of drug-likeness (QED) is 0.516. The Hall–Kier alpha value is -0.120. The molecule has 0 aromatic carbocycles. The second kappa shape index (κ2) is 7.63. The van der Waals surface area contributed by atoms with Crippen LogP contribution in [0.4, 0.5) is 0 Å². The van der Waals surface area contributed by atoms with Gasteiger partial charge in [-0.25, -0.2) is 0 Å². The molecule has 0 amide bonds. The second-order valence-corrected chi connectivity index (χ2v) is 8.92. The molecule has 0 unspecified atom stereocenters. The summed E-state index contributed by atoms with van der Waals surface area (Å²) in [6, 6.07) is 0. The molecule has 0 atom stereocenters. The summed E-state index contributed by atoms with van der Waals surface area (Å²) in [6.07, 6.45) is 0. The van der Waals surface area contributed by atoms with Crippen LogP contribution in [-0.4, -0.2) is 23.3 Å². The molecule has 0 aliphatic carbocycles. The Balaban J connectivity index is 5.25. The van der Waals surface area contributed by atoms with Crippen LogP contribution in [0.5, 0.6) is 0 Å². The van der Waals surface area contributed by atoms with E-state index >= 15 is 0 Å². The van der Waals surface area contributed by atoms with Gasteiger partial charge < -0.3 is 14.2 Å². The fourth-order valence-electron chi connectivity index (χ4n) is 1.22. The van der Waals surface area contributed by atoms with E-state index in [0.29, 0.717) is 17.8 Å². The van der Waals surface area contributed by atoms with Crippen molar-refractivity contribution >= 4 is 0 Å². The Kier molecular flexibility index (Phi) is 7.59. The molecule has 0 rings (SSSR count). The minimum absolute atomic E-state index is 0.315. The Morgan fingerprint density at radius 3 is 0.773 bits per heavy atom. The van der Waals surface area contributed by atoms with E-state index in [1.807, 2.05) is 0 Å². The van der Waals surface area contributed by atoms with Gasteiger partial charge in [-0.3, -0.25) is 0 Å². The highest BCUT2D eigenvalue weighted by Gasteiger charge is 2.37. The Bertz CT molecular complexity index is 275. The van der Waals surface area contributed by atoms with Gasteiger partial charge in [-0.05, 0) is 59.3 Å². The topological polar surface area (TPSA) is 27.7 Å². The first-order valence-corrected chi connectivity index (χ1v) is 8.65. The maximum absolute atomic E-state index is 6.23. The fraction of sp³-hybridized carbons (Fsp3) is 1.00. The van der Waals surface area contributed by atoms with Crippen LogP contribution in [0.15, 0.2) is 0 Å². The summed E-state index contributed by atoms with van der Waals surface area (Å²) in [5.74, 6) is 1.10. The first-order valence-electron chi connectivity index (χ1n) is 8.65. The lowest BCUT2D eigenvalue weighted by Crippen LogP contribution is -2.47. The molecule has 0 heterocycles. The number of hydrogen-bond acceptors (Lipinski definition) is 3. The van der Waals surface area contributed by atoms with Crippen molar-refractivity contribution in [3.05, 3.63) is 0 Å². The minimum Gasteiger partial charge on any atom is -0.324 e. The average molecular weight is 317 g/mol. The normalized spacial score (nSPS) is 14.7. The molecule has 22 heavy (non-hydrogen) atoms. The van der Waals surface area contributed by atoms with E-state index in [2.05, 4.69) is 83.1 Å². The molecular formula is C19H40O3. The van der Waals surface area contributed by atoms with Gasteiger partial charge in [-0.2, -0.15) is 0 Å². The van der Waals surface area contributed by atoms with Gasteiger partial charge in [-0.15, -0.1) is 0 Å². The van der Waals surface area contributed by atoms with Gasteiger partial charge in [0.1, 0.15) is 0 Å². The van der Waals surface area contributed by atoms with Crippen molar-refractivity contribution in [1.29, 1.82) is 0 Å². The highest BCUT2D eigenvalue weighted by molar-refractivity contribution is 4.78. The van der Waals surface area contributed by atoms with Gasteiger partial charge in [0.25, 0.3) is 6.48 Å². The Morgan fingerprint density at radius 1 is 0.455 bits per heavy atom. The van der Waals surface area contributed by atoms with Crippen LogP contribution in [-0.2, 0) is 14.2 Å². The van der Waals surface area contributed by atoms with E-state index in [1.165, 1.54) is 0 Å². The zero-order valence-corrected chi connectivity index (χ0v) is 17.0. The summed E-state index contributed by atoms with van der Waals surface area (Å²) in [5.41, 5.74) is -0.944. The molecule has 0 aromatic rings. The Morgan fingerprint density at radius 2 is 0.636 bits per heavy atom. The molecular weight excluding hydrogens is 276 g/mol. The third kappa shape index (κ3) is 6.55. The van der Waals surface area contributed by atoms with E-state index in [-0.39, 0.29) is 16.8 Å². The van der Waals surface area contributed by atoms with Gasteiger partial charge >= 0.3 is 0 Å². The standard InChI is InChI=1S/C19H40O3/c1-13(2)17(7,8)20-16(21-18(9,10)14(3)4)22-19(11,12)15(5)6/h13-16H,1-12H3. The summed E-state index contributed by atoms with van der Waals surface area (Å²) in [6.45, 7) is 24.7. The molecule has 0 saturated heterocycles. The van der Waals surface area contributed by atoms with Gasteiger partial charge in [-0.1, -0.05) is 41.5 Å². The number of hydrogen-bond donors (Lipinski definition) is 0. The molecule has 0 aliphatic heterocycles. The highest BCUT2D eigenvalue weighted by atomic mass is 16.9. The van der Waals surface area contributed by atoms with E-state index in [1.54, 1.807) is 0 Å². The molecule has 3 nitrogen and oxygen atoms in total. The highest BCUT2D eigenvalue weighted by Crippen LogP contribution is 2.32. The molecule has 0 radical (unpaired) electrons. The van der Waals surface area contributed by atoms with Gasteiger partial charge in [0.15, 0.2) is 0 Å². The number of ether oxygens (including phenoxy) is 3. The lowest BCUT2D eigenvalue weighted by molar-refractivity contribution is -0.386. The monoisotopic (exact) mass is 316 g/mol. The van der Waals surface area contributed by atoms with Crippen molar-refractivity contribution in [3.8, 4) is 0 Å². The second-order valence-electron chi connectivity index (χ2n) is 8.92. The van der Waals surface area contributed by atoms with Crippen LogP contribution in [0.2, 0.25) is 0 Å². The minimum atomic E-state index is -0.674. The van der Waals surface area contributed by atoms with Crippen LogP contribution >= 0.6 is 0 Å². The summed E-state index contributed by atoms with van der Waals surface area (Å²) in [7, 11) is 0. The molecule has 0 saturated carbocycles. The molecule has 0 bridgehead atoms. The summed E-state index contributed by atoms with van der Waals surface area (Å²) in [5, 5.41) is 0. The number of rotatable bonds is 9. The Labute approximate surface area is 139 Å². The van der Waals surface area contributed by atoms with Gasteiger partial charge in [0.05, 0.1) is 16.8 Å². The van der Waals surface area contributed by atoms with Crippen molar-refractivity contribution in [2.45, 2.75) is 106 Å². The third-order valence-corrected chi connectivity index (χ3v) is 5.37. The lowest BCUT2D eigenvalue weighted by Gasteiger charge is -2.42. The molecule has 0 N–H and O–H groups in total. The SMILES string of the molecule is CC(C)C(C)(C)OC(OC(C)(C)C(C)C)OC(C)(C)C(C)C. The maximum Gasteiger partial charge on any atom is 0.273 e. The molecule has 134 valence electrons. The summed E-state index contributed by atoms with van der Waals surface area (Å²) in [4.78, 5) is 0.